The fraction of sp³-hybridized carbons (Fsp3) is 0.250. The number of halogens is 1. The van der Waals surface area contributed by atoms with E-state index >= 15 is 0 Å². The fourth-order valence-corrected chi connectivity index (χ4v) is 2.28. The van der Waals surface area contributed by atoms with Crippen molar-refractivity contribution in [3.8, 4) is 17.0 Å². The summed E-state index contributed by atoms with van der Waals surface area (Å²) in [5.41, 5.74) is 1.78. The van der Waals surface area contributed by atoms with Crippen molar-refractivity contribution in [2.75, 3.05) is 13.2 Å². The molecular formula is C16H15FN4O4. The Morgan fingerprint density at radius 3 is 3.04 bits per heavy atom. The Labute approximate surface area is 142 Å². The van der Waals surface area contributed by atoms with Crippen molar-refractivity contribution < 1.29 is 23.9 Å². The summed E-state index contributed by atoms with van der Waals surface area (Å²) in [6.45, 7) is 0.332. The van der Waals surface area contributed by atoms with Crippen LogP contribution in [-0.2, 0) is 4.84 Å². The minimum Gasteiger partial charge on any atom is -0.487 e. The topological polar surface area (TPSA) is 106 Å². The highest BCUT2D eigenvalue weighted by atomic mass is 19.1. The van der Waals surface area contributed by atoms with Gasteiger partial charge in [0, 0.05) is 24.4 Å². The van der Waals surface area contributed by atoms with E-state index in [1.807, 2.05) is 0 Å². The van der Waals surface area contributed by atoms with E-state index in [-0.39, 0.29) is 19.3 Å². The average molecular weight is 346 g/mol. The first kappa shape index (κ1) is 16.6. The largest absolute Gasteiger partial charge is 0.487 e. The van der Waals surface area contributed by atoms with Crippen LogP contribution in [0.5, 0.6) is 5.75 Å². The molecule has 0 saturated carbocycles. The fourth-order valence-electron chi connectivity index (χ4n) is 2.28. The van der Waals surface area contributed by atoms with Gasteiger partial charge in [0.15, 0.2) is 6.10 Å². The van der Waals surface area contributed by atoms with Gasteiger partial charge in [0.25, 0.3) is 0 Å². The van der Waals surface area contributed by atoms with Gasteiger partial charge in [-0.3, -0.25) is 4.98 Å². The number of oxime groups is 1. The summed E-state index contributed by atoms with van der Waals surface area (Å²) in [5, 5.41) is 14.7. The molecule has 0 saturated heterocycles. The highest BCUT2D eigenvalue weighted by Crippen LogP contribution is 2.27. The number of nitrogens with one attached hydrogen (secondary N) is 1. The molecule has 1 atom stereocenters. The Morgan fingerprint density at radius 2 is 2.28 bits per heavy atom. The number of rotatable bonds is 6. The van der Waals surface area contributed by atoms with Crippen molar-refractivity contribution in [3.05, 3.63) is 42.6 Å². The molecule has 8 nitrogen and oxygen atoms in total. The summed E-state index contributed by atoms with van der Waals surface area (Å²) in [6, 6.07) is 6.30. The number of ether oxygens (including phenoxy) is 1. The molecule has 9 heteroatoms. The maximum absolute atomic E-state index is 13.0. The van der Waals surface area contributed by atoms with Crippen molar-refractivity contribution in [2.24, 2.45) is 5.16 Å². The lowest BCUT2D eigenvalue weighted by molar-refractivity contribution is 0.0471. The summed E-state index contributed by atoms with van der Waals surface area (Å²) in [5.74, 6) is -0.0576. The van der Waals surface area contributed by atoms with Crippen molar-refractivity contribution in [1.29, 1.82) is 0 Å². The molecule has 0 fully saturated rings. The van der Waals surface area contributed by atoms with E-state index in [4.69, 9.17) is 14.7 Å². The smallest absolute Gasteiger partial charge is 0.404 e. The molecule has 2 aromatic rings. The molecule has 0 aliphatic carbocycles. The normalized spacial score (nSPS) is 16.0. The number of pyridine rings is 2. The third kappa shape index (κ3) is 4.40. The lowest BCUT2D eigenvalue weighted by Gasteiger charge is -2.13. The van der Waals surface area contributed by atoms with Gasteiger partial charge in [-0.15, -0.1) is 0 Å². The first-order chi connectivity index (χ1) is 12.1. The van der Waals surface area contributed by atoms with Gasteiger partial charge in [-0.05, 0) is 24.3 Å². The lowest BCUT2D eigenvalue weighted by atomic mass is 10.1. The standard InChI is InChI=1S/C16H15FN4O4/c17-14-4-3-10(7-19-14)15-13(2-1-5-18-15)24-9-12-6-11(21-25-12)8-20-16(22)23/h1-5,7,12,20H,6,8-9H2,(H,22,23). The number of hydrogen-bond donors (Lipinski definition) is 2. The first-order valence-corrected chi connectivity index (χ1v) is 7.50. The maximum Gasteiger partial charge on any atom is 0.404 e. The zero-order valence-electron chi connectivity index (χ0n) is 13.1. The summed E-state index contributed by atoms with van der Waals surface area (Å²) < 4.78 is 18.7. The molecule has 0 bridgehead atoms. The van der Waals surface area contributed by atoms with Crippen LogP contribution in [0.15, 0.2) is 41.8 Å². The van der Waals surface area contributed by atoms with Gasteiger partial charge in [-0.2, -0.15) is 4.39 Å². The number of nitrogens with zero attached hydrogens (tertiary/aromatic N) is 3. The van der Waals surface area contributed by atoms with Crippen LogP contribution in [0.25, 0.3) is 11.3 Å². The molecule has 3 heterocycles. The van der Waals surface area contributed by atoms with E-state index in [0.29, 0.717) is 29.1 Å². The molecule has 25 heavy (non-hydrogen) atoms. The zero-order valence-corrected chi connectivity index (χ0v) is 13.1. The molecule has 1 aliphatic heterocycles. The number of carboxylic acid groups (broad SMARTS) is 1. The molecular weight excluding hydrogens is 331 g/mol. The molecule has 2 N–H and O–H groups in total. The summed E-state index contributed by atoms with van der Waals surface area (Å²) >= 11 is 0. The Bertz CT molecular complexity index is 782. The number of carbonyl (C=O) groups is 1. The van der Waals surface area contributed by atoms with Crippen molar-refractivity contribution in [3.63, 3.8) is 0 Å². The number of hydrogen-bond acceptors (Lipinski definition) is 6. The van der Waals surface area contributed by atoms with Crippen LogP contribution >= 0.6 is 0 Å². The second kappa shape index (κ2) is 7.56. The van der Waals surface area contributed by atoms with Gasteiger partial charge >= 0.3 is 6.09 Å². The SMILES string of the molecule is O=C(O)NCC1=NOC(COc2cccnc2-c2ccc(F)nc2)C1. The highest BCUT2D eigenvalue weighted by molar-refractivity contribution is 5.89. The van der Waals surface area contributed by atoms with Crippen LogP contribution in [0, 0.1) is 5.95 Å². The van der Waals surface area contributed by atoms with Crippen LogP contribution in [0.3, 0.4) is 0 Å². The van der Waals surface area contributed by atoms with E-state index in [1.54, 1.807) is 24.4 Å². The van der Waals surface area contributed by atoms with E-state index in [2.05, 4.69) is 20.4 Å². The number of aromatic nitrogens is 2. The van der Waals surface area contributed by atoms with E-state index in [1.165, 1.54) is 12.3 Å². The highest BCUT2D eigenvalue weighted by Gasteiger charge is 2.22. The molecule has 0 aromatic carbocycles. The second-order valence-corrected chi connectivity index (χ2v) is 5.28. The quantitative estimate of drug-likeness (QED) is 0.776. The molecule has 0 spiro atoms. The van der Waals surface area contributed by atoms with Crippen LogP contribution in [0.2, 0.25) is 0 Å². The summed E-state index contributed by atoms with van der Waals surface area (Å²) in [6.07, 6.45) is 2.03. The van der Waals surface area contributed by atoms with Crippen LogP contribution in [0.1, 0.15) is 6.42 Å². The van der Waals surface area contributed by atoms with E-state index in [9.17, 15) is 9.18 Å². The Hall–Kier alpha value is -3.23. The van der Waals surface area contributed by atoms with Gasteiger partial charge in [0.2, 0.25) is 5.95 Å². The molecule has 1 amide bonds. The maximum atomic E-state index is 13.0. The molecule has 0 radical (unpaired) electrons. The molecule has 1 aliphatic rings. The zero-order chi connectivity index (χ0) is 17.6. The van der Waals surface area contributed by atoms with Crippen LogP contribution in [-0.4, -0.2) is 46.1 Å². The van der Waals surface area contributed by atoms with E-state index < -0.39 is 12.0 Å². The Balaban J connectivity index is 1.60. The van der Waals surface area contributed by atoms with Gasteiger partial charge in [-0.1, -0.05) is 5.16 Å². The predicted octanol–water partition coefficient (Wildman–Crippen LogP) is 2.07. The Kier molecular flexibility index (Phi) is 5.03. The monoisotopic (exact) mass is 346 g/mol. The van der Waals surface area contributed by atoms with Crippen molar-refractivity contribution in [1.82, 2.24) is 15.3 Å². The minimum atomic E-state index is -1.12. The molecule has 2 aromatic heterocycles. The number of amides is 1. The van der Waals surface area contributed by atoms with Crippen LogP contribution < -0.4 is 10.1 Å². The predicted molar refractivity (Wildman–Crippen MR) is 85.9 cm³/mol. The van der Waals surface area contributed by atoms with Gasteiger partial charge in [-0.25, -0.2) is 9.78 Å². The Morgan fingerprint density at radius 1 is 1.40 bits per heavy atom. The second-order valence-electron chi connectivity index (χ2n) is 5.28. The summed E-state index contributed by atoms with van der Waals surface area (Å²) in [7, 11) is 0. The minimum absolute atomic E-state index is 0.116. The third-order valence-corrected chi connectivity index (χ3v) is 3.43. The first-order valence-electron chi connectivity index (χ1n) is 7.50. The summed E-state index contributed by atoms with van der Waals surface area (Å²) in [4.78, 5) is 23.6. The van der Waals surface area contributed by atoms with E-state index in [0.717, 1.165) is 0 Å². The van der Waals surface area contributed by atoms with Crippen molar-refractivity contribution >= 4 is 11.8 Å². The molecule has 3 rings (SSSR count). The van der Waals surface area contributed by atoms with Crippen LogP contribution in [0.4, 0.5) is 9.18 Å². The average Bonchev–Trinajstić information content (AvgIpc) is 3.07. The molecule has 1 unspecified atom stereocenters. The lowest BCUT2D eigenvalue weighted by Crippen LogP contribution is -2.28. The van der Waals surface area contributed by atoms with Crippen molar-refractivity contribution in [2.45, 2.75) is 12.5 Å². The molecule has 130 valence electrons. The van der Waals surface area contributed by atoms with Gasteiger partial charge in [0.1, 0.15) is 18.1 Å². The van der Waals surface area contributed by atoms with Gasteiger partial charge < -0.3 is 20.0 Å². The van der Waals surface area contributed by atoms with Gasteiger partial charge in [0.05, 0.1) is 12.3 Å². The third-order valence-electron chi connectivity index (χ3n) is 3.43.